The Bertz CT molecular complexity index is 422. The lowest BCUT2D eigenvalue weighted by atomic mass is 9.90. The van der Waals surface area contributed by atoms with Gasteiger partial charge in [0.25, 0.3) is 5.95 Å². The van der Waals surface area contributed by atoms with Gasteiger partial charge in [-0.25, -0.2) is 0 Å². The lowest BCUT2D eigenvalue weighted by Gasteiger charge is -2.38. The van der Waals surface area contributed by atoms with Gasteiger partial charge in [-0.15, -0.1) is 13.2 Å². The third kappa shape index (κ3) is 7.01. The number of nitrogens with zero attached hydrogens (tertiary/aromatic N) is 1. The largest absolute Gasteiger partial charge is 0.522 e. The molecule has 23 heavy (non-hydrogen) atoms. The first kappa shape index (κ1) is 20.1. The smallest absolute Gasteiger partial charge is 0.463 e. The predicted octanol–water partition coefficient (Wildman–Crippen LogP) is 2.93. The maximum atomic E-state index is 11.8. The third-order valence-corrected chi connectivity index (χ3v) is 4.59. The fraction of sp³-hybridized carbons (Fsp3) is 0.786. The highest BCUT2D eigenvalue weighted by Crippen LogP contribution is 2.27. The lowest BCUT2D eigenvalue weighted by Crippen LogP contribution is -2.56. The fourth-order valence-corrected chi connectivity index (χ4v) is 2.82. The normalized spacial score (nSPS) is 26.0. The molecule has 1 aliphatic rings. The van der Waals surface area contributed by atoms with Crippen LogP contribution in [0.15, 0.2) is 17.5 Å². The molecule has 9 heteroatoms. The Morgan fingerprint density at radius 2 is 2.13 bits per heavy atom. The van der Waals surface area contributed by atoms with E-state index >= 15 is 0 Å². The number of hydrogen-bond donors (Lipinski definition) is 1. The summed E-state index contributed by atoms with van der Waals surface area (Å²) in [7, 11) is 1.59. The summed E-state index contributed by atoms with van der Waals surface area (Å²) in [6, 6.07) is 0. The zero-order chi connectivity index (χ0) is 17.5. The summed E-state index contributed by atoms with van der Waals surface area (Å²) in [6.45, 7) is 5.39. The van der Waals surface area contributed by atoms with Crippen molar-refractivity contribution in [3.05, 3.63) is 12.5 Å². The van der Waals surface area contributed by atoms with Crippen LogP contribution >= 0.6 is 11.8 Å². The Balaban J connectivity index is 2.42. The second-order valence-corrected chi connectivity index (χ2v) is 6.39. The number of alkyl halides is 3. The molecule has 0 bridgehead atoms. The van der Waals surface area contributed by atoms with E-state index in [1.807, 2.05) is 6.92 Å². The van der Waals surface area contributed by atoms with Crippen molar-refractivity contribution >= 4 is 17.7 Å². The molecule has 1 aliphatic heterocycles. The molecule has 5 nitrogen and oxygen atoms in total. The van der Waals surface area contributed by atoms with E-state index in [0.717, 1.165) is 19.4 Å². The highest BCUT2D eigenvalue weighted by molar-refractivity contribution is 7.99. The van der Waals surface area contributed by atoms with Crippen molar-refractivity contribution in [1.29, 1.82) is 0 Å². The van der Waals surface area contributed by atoms with E-state index in [-0.39, 0.29) is 12.6 Å². The first-order chi connectivity index (χ1) is 10.7. The fourth-order valence-electron chi connectivity index (χ4n) is 2.22. The molecule has 1 N–H and O–H groups in total. The van der Waals surface area contributed by atoms with Gasteiger partial charge >= 0.3 is 6.36 Å². The second kappa shape index (κ2) is 8.79. The van der Waals surface area contributed by atoms with E-state index in [4.69, 9.17) is 9.47 Å². The van der Waals surface area contributed by atoms with E-state index in [1.54, 1.807) is 18.8 Å². The molecule has 134 valence electrons. The molecule has 1 fully saturated rings. The summed E-state index contributed by atoms with van der Waals surface area (Å²) in [5.74, 6) is 0.296. The Morgan fingerprint density at radius 1 is 1.43 bits per heavy atom. The summed E-state index contributed by atoms with van der Waals surface area (Å²) in [6.07, 6.45) is -0.761. The van der Waals surface area contributed by atoms with Crippen LogP contribution in [0.3, 0.4) is 0 Å². The Morgan fingerprint density at radius 3 is 2.61 bits per heavy atom. The van der Waals surface area contributed by atoms with Gasteiger partial charge < -0.3 is 14.8 Å². The summed E-state index contributed by atoms with van der Waals surface area (Å²) < 4.78 is 49.6. The van der Waals surface area contributed by atoms with Crippen molar-refractivity contribution < 1.29 is 27.4 Å². The van der Waals surface area contributed by atoms with Gasteiger partial charge in [-0.2, -0.15) is 11.8 Å². The molecule has 0 aromatic heterocycles. The monoisotopic (exact) mass is 356 g/mol. The van der Waals surface area contributed by atoms with Gasteiger partial charge in [0.2, 0.25) is 5.90 Å². The number of thioether (sulfide) groups is 1. The highest BCUT2D eigenvalue weighted by Gasteiger charge is 2.37. The van der Waals surface area contributed by atoms with Crippen LogP contribution in [0.25, 0.3) is 0 Å². The van der Waals surface area contributed by atoms with Gasteiger partial charge in [-0.1, -0.05) is 0 Å². The van der Waals surface area contributed by atoms with Crippen LogP contribution in [0.2, 0.25) is 0 Å². The van der Waals surface area contributed by atoms with Crippen LogP contribution in [0.4, 0.5) is 13.2 Å². The number of hydrogen-bond acceptors (Lipinski definition) is 6. The molecule has 0 aromatic rings. The van der Waals surface area contributed by atoms with Crippen LogP contribution < -0.4 is 5.32 Å². The molecule has 0 amide bonds. The SMILES string of the molecule is C=C(OCCOC(F)(F)F)OC(=NC)[C@@]1(C)CCC(SC)CN1. The van der Waals surface area contributed by atoms with Gasteiger partial charge in [0, 0.05) is 18.8 Å². The Labute approximate surface area is 138 Å². The Hall–Kier alpha value is -0.930. The van der Waals surface area contributed by atoms with E-state index in [0.29, 0.717) is 11.1 Å². The number of piperidine rings is 1. The van der Waals surface area contributed by atoms with E-state index in [1.165, 1.54) is 0 Å². The standard InChI is InChI=1S/C14H23F3N2O3S/c1-10(20-7-8-21-14(15,16)17)22-12(18-3)13(2)6-5-11(23-4)9-19-13/h11,19H,1,5-9H2,2-4H3/t11?,13-/m1/s1. The van der Waals surface area contributed by atoms with Gasteiger partial charge in [0.15, 0.2) is 0 Å². The molecule has 0 radical (unpaired) electrons. The highest BCUT2D eigenvalue weighted by atomic mass is 32.2. The van der Waals surface area contributed by atoms with Crippen molar-refractivity contribution in [2.75, 3.05) is 33.1 Å². The zero-order valence-corrected chi connectivity index (χ0v) is 14.4. The van der Waals surface area contributed by atoms with E-state index < -0.39 is 18.5 Å². The third-order valence-electron chi connectivity index (χ3n) is 3.52. The van der Waals surface area contributed by atoms with Crippen LogP contribution in [0.1, 0.15) is 19.8 Å². The second-order valence-electron chi connectivity index (χ2n) is 5.25. The molecular weight excluding hydrogens is 333 g/mol. The molecule has 0 saturated carbocycles. The number of aliphatic imine (C=N–C) groups is 1. The van der Waals surface area contributed by atoms with Crippen LogP contribution in [0, 0.1) is 0 Å². The van der Waals surface area contributed by atoms with Crippen molar-refractivity contribution in [3.8, 4) is 0 Å². The van der Waals surface area contributed by atoms with Gasteiger partial charge in [0.1, 0.15) is 6.61 Å². The predicted molar refractivity (Wildman–Crippen MR) is 84.5 cm³/mol. The molecule has 1 saturated heterocycles. The number of ether oxygens (including phenoxy) is 3. The van der Waals surface area contributed by atoms with Gasteiger partial charge in [-0.3, -0.25) is 9.73 Å². The van der Waals surface area contributed by atoms with Crippen molar-refractivity contribution in [1.82, 2.24) is 5.32 Å². The maximum absolute atomic E-state index is 11.8. The minimum atomic E-state index is -4.67. The molecule has 2 atom stereocenters. The van der Waals surface area contributed by atoms with Crippen LogP contribution in [0.5, 0.6) is 0 Å². The van der Waals surface area contributed by atoms with Crippen LogP contribution in [-0.4, -0.2) is 56.1 Å². The number of nitrogens with one attached hydrogen (secondary N) is 1. The van der Waals surface area contributed by atoms with Crippen LogP contribution in [-0.2, 0) is 14.2 Å². The molecule has 0 spiro atoms. The summed E-state index contributed by atoms with van der Waals surface area (Å²) in [4.78, 5) is 4.11. The molecule has 1 heterocycles. The maximum Gasteiger partial charge on any atom is 0.522 e. The van der Waals surface area contributed by atoms with E-state index in [9.17, 15) is 13.2 Å². The lowest BCUT2D eigenvalue weighted by molar-refractivity contribution is -0.326. The average Bonchev–Trinajstić information content (AvgIpc) is 2.49. The zero-order valence-electron chi connectivity index (χ0n) is 13.5. The molecule has 0 aromatic carbocycles. The average molecular weight is 356 g/mol. The summed E-state index contributed by atoms with van der Waals surface area (Å²) in [5, 5.41) is 3.94. The molecular formula is C14H23F3N2O3S. The van der Waals surface area contributed by atoms with Gasteiger partial charge in [-0.05, 0) is 32.6 Å². The summed E-state index contributed by atoms with van der Waals surface area (Å²) >= 11 is 1.80. The quantitative estimate of drug-likeness (QED) is 0.329. The van der Waals surface area contributed by atoms with Crippen molar-refractivity contribution in [3.63, 3.8) is 0 Å². The topological polar surface area (TPSA) is 52.1 Å². The minimum absolute atomic E-state index is 0.105. The van der Waals surface area contributed by atoms with Crippen molar-refractivity contribution in [2.45, 2.75) is 36.9 Å². The molecule has 1 unspecified atom stereocenters. The number of rotatable bonds is 7. The molecule has 1 rings (SSSR count). The first-order valence-corrected chi connectivity index (χ1v) is 8.44. The van der Waals surface area contributed by atoms with E-state index in [2.05, 4.69) is 27.9 Å². The minimum Gasteiger partial charge on any atom is -0.463 e. The Kier molecular flexibility index (Phi) is 7.69. The summed E-state index contributed by atoms with van der Waals surface area (Å²) in [5.41, 5.74) is -0.449. The van der Waals surface area contributed by atoms with Crippen molar-refractivity contribution in [2.24, 2.45) is 4.99 Å². The van der Waals surface area contributed by atoms with Gasteiger partial charge in [0.05, 0.1) is 12.1 Å². The first-order valence-electron chi connectivity index (χ1n) is 7.15. The molecule has 0 aliphatic carbocycles. The number of halogens is 3.